The third-order valence-corrected chi connectivity index (χ3v) is 8.69. The molecule has 0 radical (unpaired) electrons. The standard InChI is InChI=1S/C25H40N2O.ClH/c1-19-7-6-12-25(4,24(19,2)3)22-11-10-21(28-5)17-23(22)27-15-13-26(14-16-27)18-20-8-9-20;/h10-11,17,19-20H,6-9,12-16,18H2,1-5H3;1H. The topological polar surface area (TPSA) is 15.7 Å². The Labute approximate surface area is 184 Å². The van der Waals surface area contributed by atoms with Crippen LogP contribution in [0, 0.1) is 17.3 Å². The molecule has 4 heteroatoms. The molecule has 1 heterocycles. The number of benzene rings is 1. The summed E-state index contributed by atoms with van der Waals surface area (Å²) in [5.41, 5.74) is 3.47. The van der Waals surface area contributed by atoms with E-state index in [0.29, 0.717) is 5.41 Å². The molecule has 29 heavy (non-hydrogen) atoms. The van der Waals surface area contributed by atoms with E-state index in [0.717, 1.165) is 30.7 Å². The summed E-state index contributed by atoms with van der Waals surface area (Å²) in [5, 5.41) is 0. The molecule has 2 saturated carbocycles. The van der Waals surface area contributed by atoms with Crippen molar-refractivity contribution in [3.63, 3.8) is 0 Å². The fourth-order valence-corrected chi connectivity index (χ4v) is 5.67. The third-order valence-electron chi connectivity index (χ3n) is 8.69. The van der Waals surface area contributed by atoms with Crippen molar-refractivity contribution in [2.75, 3.05) is 44.7 Å². The maximum absolute atomic E-state index is 5.64. The van der Waals surface area contributed by atoms with E-state index in [4.69, 9.17) is 4.74 Å². The second-order valence-corrected chi connectivity index (χ2v) is 10.5. The van der Waals surface area contributed by atoms with Gasteiger partial charge in [0.15, 0.2) is 0 Å². The van der Waals surface area contributed by atoms with E-state index >= 15 is 0 Å². The molecule has 1 aliphatic heterocycles. The van der Waals surface area contributed by atoms with Crippen LogP contribution in [0.15, 0.2) is 18.2 Å². The van der Waals surface area contributed by atoms with Gasteiger partial charge in [-0.2, -0.15) is 0 Å². The Balaban J connectivity index is 0.00000240. The molecule has 3 nitrogen and oxygen atoms in total. The zero-order chi connectivity index (χ0) is 19.9. The fourth-order valence-electron chi connectivity index (χ4n) is 5.67. The average Bonchev–Trinajstić information content (AvgIpc) is 3.50. The first-order valence-corrected chi connectivity index (χ1v) is 11.5. The van der Waals surface area contributed by atoms with Crippen LogP contribution in [0.5, 0.6) is 5.75 Å². The van der Waals surface area contributed by atoms with Crippen LogP contribution in [0.3, 0.4) is 0 Å². The van der Waals surface area contributed by atoms with Crippen LogP contribution in [0.25, 0.3) is 0 Å². The van der Waals surface area contributed by atoms with Crippen LogP contribution in [0.1, 0.15) is 65.4 Å². The number of rotatable bonds is 5. The summed E-state index contributed by atoms with van der Waals surface area (Å²) >= 11 is 0. The molecule has 2 aliphatic carbocycles. The number of anilines is 1. The molecule has 2 unspecified atom stereocenters. The number of halogens is 1. The Bertz CT molecular complexity index is 694. The highest BCUT2D eigenvalue weighted by atomic mass is 35.5. The van der Waals surface area contributed by atoms with Crippen molar-refractivity contribution in [1.29, 1.82) is 0 Å². The van der Waals surface area contributed by atoms with Crippen molar-refractivity contribution in [1.82, 2.24) is 4.90 Å². The van der Waals surface area contributed by atoms with Gasteiger partial charge in [-0.25, -0.2) is 0 Å². The van der Waals surface area contributed by atoms with Crippen molar-refractivity contribution in [2.45, 2.75) is 65.2 Å². The highest BCUT2D eigenvalue weighted by Gasteiger charge is 2.49. The molecule has 0 amide bonds. The van der Waals surface area contributed by atoms with Gasteiger partial charge in [0.25, 0.3) is 0 Å². The average molecular weight is 421 g/mol. The van der Waals surface area contributed by atoms with Gasteiger partial charge in [-0.15, -0.1) is 12.4 Å². The molecule has 0 aromatic heterocycles. The highest BCUT2D eigenvalue weighted by Crippen LogP contribution is 2.56. The lowest BCUT2D eigenvalue weighted by Crippen LogP contribution is -2.50. The maximum atomic E-state index is 5.64. The normalized spacial score (nSPS) is 30.0. The number of hydrogen-bond acceptors (Lipinski definition) is 3. The summed E-state index contributed by atoms with van der Waals surface area (Å²) in [4.78, 5) is 5.32. The van der Waals surface area contributed by atoms with Gasteiger partial charge in [0.1, 0.15) is 5.75 Å². The minimum absolute atomic E-state index is 0. The minimum atomic E-state index is 0. The van der Waals surface area contributed by atoms with Gasteiger partial charge in [-0.1, -0.05) is 46.6 Å². The third kappa shape index (κ3) is 4.28. The number of methoxy groups -OCH3 is 1. The molecule has 4 rings (SSSR count). The molecule has 1 aromatic rings. The SMILES string of the molecule is COc1ccc(C2(C)CCCC(C)C2(C)C)c(N2CCN(CC3CC3)CC2)c1.Cl. The zero-order valence-corrected chi connectivity index (χ0v) is 20.0. The second kappa shape index (κ2) is 8.67. The van der Waals surface area contributed by atoms with Crippen molar-refractivity contribution in [3.8, 4) is 5.75 Å². The smallest absolute Gasteiger partial charge is 0.120 e. The summed E-state index contributed by atoms with van der Waals surface area (Å²) in [6.07, 6.45) is 6.87. The van der Waals surface area contributed by atoms with Crippen molar-refractivity contribution in [2.24, 2.45) is 17.3 Å². The quantitative estimate of drug-likeness (QED) is 0.602. The molecule has 3 fully saturated rings. The Hall–Kier alpha value is -0.930. The van der Waals surface area contributed by atoms with E-state index in [2.05, 4.69) is 55.7 Å². The number of ether oxygens (including phenoxy) is 1. The van der Waals surface area contributed by atoms with Crippen LogP contribution in [0.4, 0.5) is 5.69 Å². The van der Waals surface area contributed by atoms with Gasteiger partial charge in [0, 0.05) is 44.5 Å². The van der Waals surface area contributed by atoms with Crippen molar-refractivity contribution < 1.29 is 4.74 Å². The lowest BCUT2D eigenvalue weighted by atomic mass is 9.52. The van der Waals surface area contributed by atoms with Gasteiger partial charge in [-0.3, -0.25) is 4.90 Å². The summed E-state index contributed by atoms with van der Waals surface area (Å²) in [7, 11) is 1.79. The number of piperazine rings is 1. The van der Waals surface area contributed by atoms with Gasteiger partial charge >= 0.3 is 0 Å². The molecule has 1 saturated heterocycles. The van der Waals surface area contributed by atoms with E-state index in [9.17, 15) is 0 Å². The molecular formula is C25H41ClN2O. The Morgan fingerprint density at radius 1 is 1.03 bits per heavy atom. The minimum Gasteiger partial charge on any atom is -0.497 e. The van der Waals surface area contributed by atoms with E-state index in [1.165, 1.54) is 57.4 Å². The lowest BCUT2D eigenvalue weighted by Gasteiger charge is -2.53. The highest BCUT2D eigenvalue weighted by molar-refractivity contribution is 5.85. The predicted molar refractivity (Wildman–Crippen MR) is 126 cm³/mol. The summed E-state index contributed by atoms with van der Waals surface area (Å²) < 4.78 is 5.64. The van der Waals surface area contributed by atoms with Crippen molar-refractivity contribution in [3.05, 3.63) is 23.8 Å². The molecule has 0 bridgehead atoms. The van der Waals surface area contributed by atoms with Gasteiger partial charge in [-0.05, 0) is 53.6 Å². The molecule has 2 atom stereocenters. The Morgan fingerprint density at radius 3 is 2.34 bits per heavy atom. The molecule has 3 aliphatic rings. The molecular weight excluding hydrogens is 380 g/mol. The van der Waals surface area contributed by atoms with Crippen LogP contribution in [-0.2, 0) is 5.41 Å². The zero-order valence-electron chi connectivity index (χ0n) is 19.2. The monoisotopic (exact) mass is 420 g/mol. The summed E-state index contributed by atoms with van der Waals surface area (Å²) in [5.74, 6) is 2.73. The lowest BCUT2D eigenvalue weighted by molar-refractivity contribution is 0.0478. The van der Waals surface area contributed by atoms with Crippen molar-refractivity contribution >= 4 is 18.1 Å². The summed E-state index contributed by atoms with van der Waals surface area (Å²) in [6, 6.07) is 6.87. The molecule has 164 valence electrons. The van der Waals surface area contributed by atoms with Crippen LogP contribution in [-0.4, -0.2) is 44.7 Å². The molecule has 0 spiro atoms. The Morgan fingerprint density at radius 2 is 1.72 bits per heavy atom. The maximum Gasteiger partial charge on any atom is 0.120 e. The Kier molecular flexibility index (Phi) is 6.80. The van der Waals surface area contributed by atoms with E-state index in [-0.39, 0.29) is 17.8 Å². The first-order chi connectivity index (χ1) is 13.3. The second-order valence-electron chi connectivity index (χ2n) is 10.5. The van der Waals surface area contributed by atoms with E-state index < -0.39 is 0 Å². The largest absolute Gasteiger partial charge is 0.497 e. The molecule has 1 aromatic carbocycles. The first-order valence-electron chi connectivity index (χ1n) is 11.5. The fraction of sp³-hybridized carbons (Fsp3) is 0.760. The van der Waals surface area contributed by atoms with Crippen LogP contribution in [0.2, 0.25) is 0 Å². The van der Waals surface area contributed by atoms with Crippen LogP contribution >= 0.6 is 12.4 Å². The van der Waals surface area contributed by atoms with Gasteiger partial charge in [0.2, 0.25) is 0 Å². The number of nitrogens with zero attached hydrogens (tertiary/aromatic N) is 2. The first kappa shape index (κ1) is 22.7. The van der Waals surface area contributed by atoms with Gasteiger partial charge in [0.05, 0.1) is 7.11 Å². The van der Waals surface area contributed by atoms with Gasteiger partial charge < -0.3 is 9.64 Å². The number of hydrogen-bond donors (Lipinski definition) is 0. The molecule has 0 N–H and O–H groups in total. The van der Waals surface area contributed by atoms with Crippen LogP contribution < -0.4 is 9.64 Å². The van der Waals surface area contributed by atoms with E-state index in [1.54, 1.807) is 12.7 Å². The summed E-state index contributed by atoms with van der Waals surface area (Å²) in [6.45, 7) is 16.0. The predicted octanol–water partition coefficient (Wildman–Crippen LogP) is 5.75. The van der Waals surface area contributed by atoms with E-state index in [1.807, 2.05) is 0 Å².